The molecule has 1 aromatic heterocycles. The molecule has 4 heteroatoms. The molecule has 1 saturated carbocycles. The van der Waals surface area contributed by atoms with Gasteiger partial charge in [0.15, 0.2) is 5.06 Å². The van der Waals surface area contributed by atoms with Crippen molar-refractivity contribution in [3.63, 3.8) is 0 Å². The van der Waals surface area contributed by atoms with Crippen molar-refractivity contribution in [3.05, 3.63) is 29.8 Å². The minimum atomic E-state index is -3.07. The van der Waals surface area contributed by atoms with E-state index in [9.17, 15) is 8.78 Å². The summed E-state index contributed by atoms with van der Waals surface area (Å²) in [7, 11) is 0. The largest absolute Gasteiger partial charge is 0.422 e. The Kier molecular flexibility index (Phi) is 5.98. The van der Waals surface area contributed by atoms with E-state index in [4.69, 9.17) is 4.74 Å². The van der Waals surface area contributed by atoms with Gasteiger partial charge in [0.05, 0.1) is 5.92 Å². The maximum absolute atomic E-state index is 14.6. The standard InChI is InChI=1S/C21H28F2OS/c1-3-5-15-8-11-18(12-9-15)21(22,23)24-20-14-17-10-7-16(6-4-2)13-19(17)25-20/h7,10,13-15,18H,3-6,8-9,11-12H2,1-2H3. The smallest absolute Gasteiger partial charge is 0.401 e. The number of halogens is 2. The molecule has 0 bridgehead atoms. The van der Waals surface area contributed by atoms with Gasteiger partial charge in [-0.1, -0.05) is 56.6 Å². The Bertz CT molecular complexity index is 686. The van der Waals surface area contributed by atoms with E-state index in [2.05, 4.69) is 26.0 Å². The summed E-state index contributed by atoms with van der Waals surface area (Å²) in [4.78, 5) is 0. The van der Waals surface area contributed by atoms with Crippen LogP contribution in [0.2, 0.25) is 0 Å². The van der Waals surface area contributed by atoms with E-state index < -0.39 is 12.0 Å². The van der Waals surface area contributed by atoms with Gasteiger partial charge in [-0.05, 0) is 61.1 Å². The average molecular weight is 367 g/mol. The second kappa shape index (κ2) is 8.03. The highest BCUT2D eigenvalue weighted by Gasteiger charge is 2.44. The molecule has 1 aliphatic carbocycles. The number of rotatable bonds is 7. The molecule has 0 N–H and O–H groups in total. The van der Waals surface area contributed by atoms with E-state index in [-0.39, 0.29) is 0 Å². The molecule has 138 valence electrons. The topological polar surface area (TPSA) is 9.23 Å². The zero-order valence-electron chi connectivity index (χ0n) is 15.2. The zero-order chi connectivity index (χ0) is 17.9. The minimum Gasteiger partial charge on any atom is -0.422 e. The Labute approximate surface area is 153 Å². The highest BCUT2D eigenvalue weighted by molar-refractivity contribution is 7.20. The van der Waals surface area contributed by atoms with Crippen LogP contribution < -0.4 is 4.74 Å². The van der Waals surface area contributed by atoms with Crippen molar-refractivity contribution in [1.29, 1.82) is 0 Å². The number of hydrogen-bond donors (Lipinski definition) is 0. The first kappa shape index (κ1) is 18.6. The first-order valence-electron chi connectivity index (χ1n) is 9.61. The van der Waals surface area contributed by atoms with Crippen LogP contribution in [0.3, 0.4) is 0 Å². The van der Waals surface area contributed by atoms with E-state index in [1.54, 1.807) is 6.07 Å². The van der Waals surface area contributed by atoms with Crippen molar-refractivity contribution in [2.24, 2.45) is 11.8 Å². The van der Waals surface area contributed by atoms with Crippen LogP contribution in [0.1, 0.15) is 64.4 Å². The van der Waals surface area contributed by atoms with Gasteiger partial charge >= 0.3 is 6.11 Å². The van der Waals surface area contributed by atoms with Gasteiger partial charge in [-0.3, -0.25) is 0 Å². The fourth-order valence-corrected chi connectivity index (χ4v) is 4.97. The van der Waals surface area contributed by atoms with Crippen molar-refractivity contribution in [2.45, 2.75) is 71.3 Å². The van der Waals surface area contributed by atoms with E-state index in [1.165, 1.54) is 16.9 Å². The highest BCUT2D eigenvalue weighted by atomic mass is 32.1. The Morgan fingerprint density at radius 2 is 1.84 bits per heavy atom. The second-order valence-electron chi connectivity index (χ2n) is 7.36. The van der Waals surface area contributed by atoms with Gasteiger partial charge < -0.3 is 4.74 Å². The maximum atomic E-state index is 14.6. The molecule has 1 fully saturated rings. The lowest BCUT2D eigenvalue weighted by Gasteiger charge is -2.32. The molecule has 1 aliphatic rings. The van der Waals surface area contributed by atoms with Crippen LogP contribution in [0.5, 0.6) is 5.06 Å². The fourth-order valence-electron chi connectivity index (χ4n) is 3.96. The number of hydrogen-bond acceptors (Lipinski definition) is 2. The molecular weight excluding hydrogens is 338 g/mol. The highest BCUT2D eigenvalue weighted by Crippen LogP contribution is 2.43. The van der Waals surface area contributed by atoms with E-state index >= 15 is 0 Å². The molecule has 1 nitrogen and oxygen atoms in total. The van der Waals surface area contributed by atoms with Crippen molar-refractivity contribution < 1.29 is 13.5 Å². The van der Waals surface area contributed by atoms with Crippen LogP contribution in [0.4, 0.5) is 8.78 Å². The van der Waals surface area contributed by atoms with Gasteiger partial charge in [0, 0.05) is 4.70 Å². The van der Waals surface area contributed by atoms with Gasteiger partial charge in [-0.2, -0.15) is 8.78 Å². The predicted molar refractivity (Wildman–Crippen MR) is 102 cm³/mol. The summed E-state index contributed by atoms with van der Waals surface area (Å²) in [6, 6.07) is 7.95. The molecule has 0 unspecified atom stereocenters. The molecule has 1 aromatic carbocycles. The molecule has 2 aromatic rings. The maximum Gasteiger partial charge on any atom is 0.401 e. The third-order valence-corrected chi connectivity index (χ3v) is 6.33. The monoisotopic (exact) mass is 366 g/mol. The fraction of sp³-hybridized carbons (Fsp3) is 0.619. The lowest BCUT2D eigenvalue weighted by atomic mass is 9.79. The van der Waals surface area contributed by atoms with Gasteiger partial charge in [0.25, 0.3) is 0 Å². The summed E-state index contributed by atoms with van der Waals surface area (Å²) in [5.41, 5.74) is 1.25. The van der Waals surface area contributed by atoms with Crippen molar-refractivity contribution in [3.8, 4) is 5.06 Å². The van der Waals surface area contributed by atoms with Crippen LogP contribution in [0, 0.1) is 11.8 Å². The van der Waals surface area contributed by atoms with Gasteiger partial charge in [0.1, 0.15) is 0 Å². The van der Waals surface area contributed by atoms with Gasteiger partial charge in [-0.25, -0.2) is 0 Å². The van der Waals surface area contributed by atoms with E-state index in [0.29, 0.717) is 23.8 Å². The molecule has 3 rings (SSSR count). The Hall–Kier alpha value is -1.16. The molecule has 1 heterocycles. The number of alkyl halides is 2. The van der Waals surface area contributed by atoms with E-state index in [0.717, 1.165) is 48.6 Å². The molecular formula is C21H28F2OS. The summed E-state index contributed by atoms with van der Waals surface area (Å²) in [5.74, 6) is -0.0279. The predicted octanol–water partition coefficient (Wildman–Crippen LogP) is 7.43. The normalized spacial score (nSPS) is 21.6. The third-order valence-electron chi connectivity index (χ3n) is 5.36. The summed E-state index contributed by atoms with van der Waals surface area (Å²) in [5, 5.41) is 1.33. The number of benzene rings is 1. The lowest BCUT2D eigenvalue weighted by molar-refractivity contribution is -0.222. The molecule has 0 saturated heterocycles. The van der Waals surface area contributed by atoms with E-state index in [1.807, 2.05) is 6.07 Å². The number of ether oxygens (including phenoxy) is 1. The quantitative estimate of drug-likeness (QED) is 0.495. The van der Waals surface area contributed by atoms with Crippen molar-refractivity contribution in [2.75, 3.05) is 0 Å². The molecule has 25 heavy (non-hydrogen) atoms. The van der Waals surface area contributed by atoms with Crippen molar-refractivity contribution in [1.82, 2.24) is 0 Å². The summed E-state index contributed by atoms with van der Waals surface area (Å²) in [6.45, 7) is 4.31. The number of aryl methyl sites for hydroxylation is 1. The number of fused-ring (bicyclic) bond motifs is 1. The van der Waals surface area contributed by atoms with Gasteiger partial charge in [-0.15, -0.1) is 0 Å². The van der Waals surface area contributed by atoms with Crippen LogP contribution in [0.25, 0.3) is 10.1 Å². The first-order chi connectivity index (χ1) is 12.0. The minimum absolute atomic E-state index is 0.337. The third kappa shape index (κ3) is 4.52. The average Bonchev–Trinajstić information content (AvgIpc) is 2.96. The summed E-state index contributed by atoms with van der Waals surface area (Å²) >= 11 is 1.33. The first-order valence-corrected chi connectivity index (χ1v) is 10.4. The lowest BCUT2D eigenvalue weighted by Crippen LogP contribution is -2.37. The molecule has 0 radical (unpaired) electrons. The Morgan fingerprint density at radius 3 is 2.52 bits per heavy atom. The van der Waals surface area contributed by atoms with Gasteiger partial charge in [0.2, 0.25) is 0 Å². The number of thiophene rings is 1. The van der Waals surface area contributed by atoms with Crippen LogP contribution >= 0.6 is 11.3 Å². The molecule has 0 amide bonds. The van der Waals surface area contributed by atoms with Crippen molar-refractivity contribution >= 4 is 21.4 Å². The summed E-state index contributed by atoms with van der Waals surface area (Å²) in [6.07, 6.45) is 4.30. The SMILES string of the molecule is CCCc1ccc2cc(OC(F)(F)C3CCC(CCC)CC3)sc2c1. The van der Waals surface area contributed by atoms with Crippen LogP contribution in [-0.2, 0) is 6.42 Å². The van der Waals surface area contributed by atoms with Crippen LogP contribution in [0.15, 0.2) is 24.3 Å². The zero-order valence-corrected chi connectivity index (χ0v) is 16.0. The summed E-state index contributed by atoms with van der Waals surface area (Å²) < 4.78 is 35.5. The molecule has 0 atom stereocenters. The Balaban J connectivity index is 1.67. The molecule has 0 spiro atoms. The Morgan fingerprint density at radius 1 is 1.08 bits per heavy atom. The second-order valence-corrected chi connectivity index (χ2v) is 8.40. The van der Waals surface area contributed by atoms with Crippen LogP contribution in [-0.4, -0.2) is 6.11 Å². The molecule has 0 aliphatic heterocycles.